The Morgan fingerprint density at radius 3 is 2.48 bits per heavy atom. The van der Waals surface area contributed by atoms with Crippen LogP contribution in [0.1, 0.15) is 31.2 Å². The first-order valence-electron chi connectivity index (χ1n) is 8.54. The number of nitrogens with two attached hydrogens (primary N) is 1. The molecule has 0 spiro atoms. The summed E-state index contributed by atoms with van der Waals surface area (Å²) >= 11 is 0. The van der Waals surface area contributed by atoms with Crippen LogP contribution in [0.2, 0.25) is 0 Å². The molecule has 3 nitrogen and oxygen atoms in total. The summed E-state index contributed by atoms with van der Waals surface area (Å²) in [5.74, 6) is 1.44. The lowest BCUT2D eigenvalue weighted by Crippen LogP contribution is -2.46. The monoisotopic (exact) mass is 310 g/mol. The van der Waals surface area contributed by atoms with Gasteiger partial charge in [-0.3, -0.25) is 0 Å². The fraction of sp³-hybridized carbons (Fsp3) is 0.400. The molecule has 1 aliphatic heterocycles. The Kier molecular flexibility index (Phi) is 5.19. The summed E-state index contributed by atoms with van der Waals surface area (Å²) in [5, 5.41) is 0. The standard InChI is InChI=1S/C20H26N2O/c1-2-12-23-20-10-8-19(9-11-20)22-14-17(13-18(21)15-22)16-6-4-3-5-7-16/h3-11,17-18H,2,12-15,21H2,1H3. The number of nitrogens with zero attached hydrogens (tertiary/aromatic N) is 1. The van der Waals surface area contributed by atoms with Crippen LogP contribution in [0.15, 0.2) is 54.6 Å². The molecule has 0 bridgehead atoms. The lowest BCUT2D eigenvalue weighted by atomic mass is 9.88. The first kappa shape index (κ1) is 15.9. The highest BCUT2D eigenvalue weighted by molar-refractivity contribution is 5.50. The highest BCUT2D eigenvalue weighted by atomic mass is 16.5. The lowest BCUT2D eigenvalue weighted by molar-refractivity contribution is 0.317. The minimum Gasteiger partial charge on any atom is -0.494 e. The Morgan fingerprint density at radius 2 is 1.78 bits per heavy atom. The van der Waals surface area contributed by atoms with Crippen molar-refractivity contribution in [1.29, 1.82) is 0 Å². The number of ether oxygens (including phenoxy) is 1. The molecule has 1 saturated heterocycles. The molecule has 2 atom stereocenters. The molecule has 0 aromatic heterocycles. The van der Waals surface area contributed by atoms with Gasteiger partial charge in [-0.1, -0.05) is 37.3 Å². The summed E-state index contributed by atoms with van der Waals surface area (Å²) in [6.07, 6.45) is 2.08. The normalized spacial score (nSPS) is 21.2. The van der Waals surface area contributed by atoms with Gasteiger partial charge in [0.2, 0.25) is 0 Å². The second-order valence-corrected chi connectivity index (χ2v) is 6.35. The molecule has 2 aromatic rings. The molecule has 3 rings (SSSR count). The Balaban J connectivity index is 1.71. The second-order valence-electron chi connectivity index (χ2n) is 6.35. The van der Waals surface area contributed by atoms with Gasteiger partial charge in [0.1, 0.15) is 5.75 Å². The van der Waals surface area contributed by atoms with Gasteiger partial charge in [-0.25, -0.2) is 0 Å². The molecular formula is C20H26N2O. The van der Waals surface area contributed by atoms with Crippen molar-refractivity contribution in [3.63, 3.8) is 0 Å². The van der Waals surface area contributed by atoms with Crippen LogP contribution in [0.5, 0.6) is 5.75 Å². The van der Waals surface area contributed by atoms with Gasteiger partial charge in [0.25, 0.3) is 0 Å². The number of benzene rings is 2. The predicted octanol–water partition coefficient (Wildman–Crippen LogP) is 3.80. The maximum atomic E-state index is 6.32. The van der Waals surface area contributed by atoms with Crippen LogP contribution in [0.3, 0.4) is 0 Å². The zero-order chi connectivity index (χ0) is 16.1. The molecule has 23 heavy (non-hydrogen) atoms. The summed E-state index contributed by atoms with van der Waals surface area (Å²) in [6.45, 7) is 4.82. The van der Waals surface area contributed by atoms with Crippen LogP contribution in [-0.2, 0) is 0 Å². The SMILES string of the molecule is CCCOc1ccc(N2CC(N)CC(c3ccccc3)C2)cc1. The van der Waals surface area contributed by atoms with Crippen molar-refractivity contribution in [3.8, 4) is 5.75 Å². The summed E-state index contributed by atoms with van der Waals surface area (Å²) in [4.78, 5) is 2.40. The topological polar surface area (TPSA) is 38.5 Å². The van der Waals surface area contributed by atoms with Gasteiger partial charge in [-0.05, 0) is 42.7 Å². The van der Waals surface area contributed by atoms with E-state index in [1.807, 2.05) is 0 Å². The van der Waals surface area contributed by atoms with E-state index in [1.54, 1.807) is 0 Å². The third-order valence-electron chi connectivity index (χ3n) is 4.43. The van der Waals surface area contributed by atoms with Gasteiger partial charge in [0, 0.05) is 30.7 Å². The molecule has 0 saturated carbocycles. The molecule has 2 N–H and O–H groups in total. The van der Waals surface area contributed by atoms with Gasteiger partial charge in [0.05, 0.1) is 6.61 Å². The number of piperidine rings is 1. The molecule has 2 aromatic carbocycles. The molecular weight excluding hydrogens is 284 g/mol. The van der Waals surface area contributed by atoms with Crippen molar-refractivity contribution in [2.75, 3.05) is 24.6 Å². The van der Waals surface area contributed by atoms with E-state index < -0.39 is 0 Å². The lowest BCUT2D eigenvalue weighted by Gasteiger charge is -2.38. The van der Waals surface area contributed by atoms with Crippen molar-refractivity contribution >= 4 is 5.69 Å². The van der Waals surface area contributed by atoms with Crippen molar-refractivity contribution in [2.24, 2.45) is 5.73 Å². The van der Waals surface area contributed by atoms with E-state index in [4.69, 9.17) is 10.5 Å². The second kappa shape index (κ2) is 7.51. The zero-order valence-electron chi connectivity index (χ0n) is 13.8. The number of hydrogen-bond donors (Lipinski definition) is 1. The summed E-state index contributed by atoms with van der Waals surface area (Å²) < 4.78 is 5.67. The molecule has 3 heteroatoms. The van der Waals surface area contributed by atoms with Gasteiger partial charge in [-0.2, -0.15) is 0 Å². The highest BCUT2D eigenvalue weighted by Crippen LogP contribution is 2.30. The fourth-order valence-electron chi connectivity index (χ4n) is 3.29. The molecule has 2 unspecified atom stereocenters. The van der Waals surface area contributed by atoms with E-state index in [1.165, 1.54) is 11.3 Å². The molecule has 0 amide bonds. The van der Waals surface area contributed by atoms with E-state index in [-0.39, 0.29) is 6.04 Å². The average Bonchev–Trinajstić information content (AvgIpc) is 2.60. The van der Waals surface area contributed by atoms with Crippen molar-refractivity contribution in [3.05, 3.63) is 60.2 Å². The van der Waals surface area contributed by atoms with Gasteiger partial charge >= 0.3 is 0 Å². The number of anilines is 1. The smallest absolute Gasteiger partial charge is 0.119 e. The third kappa shape index (κ3) is 4.05. The van der Waals surface area contributed by atoms with E-state index >= 15 is 0 Å². The van der Waals surface area contributed by atoms with Crippen molar-refractivity contribution in [2.45, 2.75) is 31.7 Å². The Hall–Kier alpha value is -2.00. The Bertz CT molecular complexity index is 597. The predicted molar refractivity (Wildman–Crippen MR) is 96.2 cm³/mol. The zero-order valence-corrected chi connectivity index (χ0v) is 13.8. The van der Waals surface area contributed by atoms with Crippen LogP contribution >= 0.6 is 0 Å². The average molecular weight is 310 g/mol. The van der Waals surface area contributed by atoms with Crippen LogP contribution in [0.25, 0.3) is 0 Å². The van der Waals surface area contributed by atoms with Gasteiger partial charge < -0.3 is 15.4 Å². The number of rotatable bonds is 5. The maximum absolute atomic E-state index is 6.32. The first-order chi connectivity index (χ1) is 11.3. The van der Waals surface area contributed by atoms with E-state index in [0.717, 1.165) is 38.3 Å². The van der Waals surface area contributed by atoms with Crippen LogP contribution in [0.4, 0.5) is 5.69 Å². The molecule has 122 valence electrons. The van der Waals surface area contributed by atoms with Crippen molar-refractivity contribution < 1.29 is 4.74 Å². The largest absolute Gasteiger partial charge is 0.494 e. The molecule has 1 fully saturated rings. The van der Waals surface area contributed by atoms with Crippen LogP contribution in [-0.4, -0.2) is 25.7 Å². The molecule has 1 heterocycles. The van der Waals surface area contributed by atoms with Crippen molar-refractivity contribution in [1.82, 2.24) is 0 Å². The van der Waals surface area contributed by atoms with Gasteiger partial charge in [-0.15, -0.1) is 0 Å². The Morgan fingerprint density at radius 1 is 1.04 bits per heavy atom. The summed E-state index contributed by atoms with van der Waals surface area (Å²) in [5.41, 5.74) is 8.93. The van der Waals surface area contributed by atoms with Gasteiger partial charge in [0.15, 0.2) is 0 Å². The summed E-state index contributed by atoms with van der Waals surface area (Å²) in [7, 11) is 0. The van der Waals surface area contributed by atoms with E-state index in [9.17, 15) is 0 Å². The Labute approximate surface area is 139 Å². The third-order valence-corrected chi connectivity index (χ3v) is 4.43. The van der Waals surface area contributed by atoms with E-state index in [0.29, 0.717) is 5.92 Å². The molecule has 1 aliphatic rings. The quantitative estimate of drug-likeness (QED) is 0.913. The fourth-order valence-corrected chi connectivity index (χ4v) is 3.29. The van der Waals surface area contributed by atoms with E-state index in [2.05, 4.69) is 66.4 Å². The minimum atomic E-state index is 0.213. The van der Waals surface area contributed by atoms with Crippen LogP contribution < -0.4 is 15.4 Å². The summed E-state index contributed by atoms with van der Waals surface area (Å²) in [6, 6.07) is 19.3. The molecule has 0 aliphatic carbocycles. The first-order valence-corrected chi connectivity index (χ1v) is 8.54. The van der Waals surface area contributed by atoms with Crippen LogP contribution in [0, 0.1) is 0 Å². The minimum absolute atomic E-state index is 0.213. The highest BCUT2D eigenvalue weighted by Gasteiger charge is 2.26. The maximum Gasteiger partial charge on any atom is 0.119 e. The molecule has 0 radical (unpaired) electrons. The number of hydrogen-bond acceptors (Lipinski definition) is 3.